The Morgan fingerprint density at radius 2 is 0.714 bits per heavy atom. The summed E-state index contributed by atoms with van der Waals surface area (Å²) in [7, 11) is -2.91. The summed E-state index contributed by atoms with van der Waals surface area (Å²) in [6, 6.07) is 54.9. The van der Waals surface area contributed by atoms with Crippen LogP contribution in [-0.2, 0) is 5.41 Å². The zero-order chi connectivity index (χ0) is 37.4. The lowest BCUT2D eigenvalue weighted by molar-refractivity contribution is 0.385. The normalized spacial score (nSPS) is 13.4. The third kappa shape index (κ3) is 5.19. The van der Waals surface area contributed by atoms with Gasteiger partial charge in [-0.2, -0.15) is 0 Å². The quantitative estimate of drug-likeness (QED) is 0.145. The molecular formula is C47H36N4O3P2. The molecule has 0 aliphatic carbocycles. The van der Waals surface area contributed by atoms with Gasteiger partial charge in [-0.25, -0.2) is 0 Å². The maximum Gasteiger partial charge on any atom is 0.318 e. The molecule has 0 radical (unpaired) electrons. The maximum atomic E-state index is 7.28. The number of rotatable bonds is 8. The van der Waals surface area contributed by atoms with E-state index in [1.807, 2.05) is 12.1 Å². The van der Waals surface area contributed by atoms with Gasteiger partial charge in [0.15, 0.2) is 23.0 Å². The minimum absolute atomic E-state index is 0.423. The average molecular weight is 767 g/mol. The zero-order valence-electron chi connectivity index (χ0n) is 30.7. The summed E-state index contributed by atoms with van der Waals surface area (Å²) in [5.74, 6) is 2.74. The highest BCUT2D eigenvalue weighted by Gasteiger charge is 2.39. The van der Waals surface area contributed by atoms with E-state index in [4.69, 9.17) is 13.8 Å². The van der Waals surface area contributed by atoms with Gasteiger partial charge in [0.2, 0.25) is 0 Å². The number of benzene rings is 6. The van der Waals surface area contributed by atoms with Crippen LogP contribution in [0.5, 0.6) is 23.0 Å². The molecule has 7 nitrogen and oxygen atoms in total. The highest BCUT2D eigenvalue weighted by atomic mass is 31.2. The van der Waals surface area contributed by atoms with Gasteiger partial charge in [0.05, 0.1) is 22.1 Å². The highest BCUT2D eigenvalue weighted by molar-refractivity contribution is 7.50. The van der Waals surface area contributed by atoms with Crippen LogP contribution in [0.3, 0.4) is 0 Å². The molecule has 0 spiro atoms. The Morgan fingerprint density at radius 1 is 0.393 bits per heavy atom. The Balaban J connectivity index is 1.04. The summed E-state index contributed by atoms with van der Waals surface area (Å²) in [6.07, 6.45) is 8.52. The highest BCUT2D eigenvalue weighted by Crippen LogP contribution is 2.58. The summed E-state index contributed by atoms with van der Waals surface area (Å²) >= 11 is 0. The van der Waals surface area contributed by atoms with Gasteiger partial charge in [0.25, 0.3) is 0 Å². The van der Waals surface area contributed by atoms with Crippen molar-refractivity contribution in [2.75, 3.05) is 0 Å². The van der Waals surface area contributed by atoms with Crippen molar-refractivity contribution in [3.05, 3.63) is 194 Å². The first-order chi connectivity index (χ1) is 27.5. The molecule has 6 aromatic carbocycles. The Bertz CT molecular complexity index is 2750. The number of aromatic nitrogens is 4. The van der Waals surface area contributed by atoms with Crippen LogP contribution in [0.15, 0.2) is 183 Å². The van der Waals surface area contributed by atoms with Gasteiger partial charge >= 0.3 is 16.9 Å². The van der Waals surface area contributed by atoms with Gasteiger partial charge in [-0.15, -0.1) is 0 Å². The van der Waals surface area contributed by atoms with E-state index in [0.29, 0.717) is 23.0 Å². The summed E-state index contributed by atoms with van der Waals surface area (Å²) in [4.78, 5) is 0. The van der Waals surface area contributed by atoms with E-state index in [9.17, 15) is 0 Å². The molecule has 9 heteroatoms. The SMILES string of the molecule is CC1(C)c2cccc(OP(n3ccc4ccccc43)n3ccc4ccccc43)c2Oc2c(OP(n3ccc4ccccc43)n3ccc4ccccc43)cccc21. The molecule has 1 aliphatic heterocycles. The van der Waals surface area contributed by atoms with Crippen LogP contribution in [0.1, 0.15) is 25.0 Å². The number of ether oxygens (including phenoxy) is 1. The molecule has 56 heavy (non-hydrogen) atoms. The van der Waals surface area contributed by atoms with Crippen LogP contribution in [0.4, 0.5) is 0 Å². The Hall–Kier alpha value is -6.26. The van der Waals surface area contributed by atoms with E-state index >= 15 is 0 Å². The van der Waals surface area contributed by atoms with Crippen molar-refractivity contribution < 1.29 is 13.8 Å². The fraction of sp³-hybridized carbons (Fsp3) is 0.0638. The van der Waals surface area contributed by atoms with Gasteiger partial charge in [0.1, 0.15) is 0 Å². The molecule has 0 fully saturated rings. The molecule has 0 bridgehead atoms. The van der Waals surface area contributed by atoms with Crippen molar-refractivity contribution in [1.82, 2.24) is 17.4 Å². The van der Waals surface area contributed by atoms with Crippen molar-refractivity contribution in [3.8, 4) is 23.0 Å². The molecule has 5 heterocycles. The molecule has 272 valence electrons. The summed E-state index contributed by atoms with van der Waals surface area (Å²) in [6.45, 7) is 4.51. The van der Waals surface area contributed by atoms with Gasteiger partial charge in [-0.1, -0.05) is 111 Å². The lowest BCUT2D eigenvalue weighted by Crippen LogP contribution is -2.25. The Morgan fingerprint density at radius 3 is 1.05 bits per heavy atom. The number of hydrogen-bond acceptors (Lipinski definition) is 3. The monoisotopic (exact) mass is 766 g/mol. The van der Waals surface area contributed by atoms with Gasteiger partial charge in [-0.05, 0) is 60.7 Å². The van der Waals surface area contributed by atoms with Gasteiger partial charge in [0, 0.05) is 62.9 Å². The molecule has 11 rings (SSSR count). The van der Waals surface area contributed by atoms with Crippen LogP contribution >= 0.6 is 16.9 Å². The molecule has 0 unspecified atom stereocenters. The molecule has 0 saturated heterocycles. The second-order valence-corrected chi connectivity index (χ2v) is 17.7. The lowest BCUT2D eigenvalue weighted by atomic mass is 9.75. The standard InChI is InChI=1S/C47H36N4O3P2/c1-47(2)37-17-11-23-43(53-55(48-29-25-33-13-3-7-19-39(33)48)49-30-26-34-14-4-8-20-40(34)49)45(37)52-46-38(47)18-12-24-44(46)54-56(50-31-27-35-15-5-9-21-41(35)50)51-32-28-36-16-6-10-22-42(36)51/h3-32H,1-2H3. The zero-order valence-corrected chi connectivity index (χ0v) is 32.5. The van der Waals surface area contributed by atoms with Crippen molar-refractivity contribution >= 4 is 60.5 Å². The largest absolute Gasteiger partial charge is 0.449 e. The number of hydrogen-bond donors (Lipinski definition) is 0. The maximum absolute atomic E-state index is 7.28. The third-order valence-electron chi connectivity index (χ3n) is 10.9. The van der Waals surface area contributed by atoms with E-state index in [1.165, 1.54) is 0 Å². The van der Waals surface area contributed by atoms with Crippen LogP contribution in [-0.4, -0.2) is 17.4 Å². The van der Waals surface area contributed by atoms with E-state index in [0.717, 1.165) is 54.7 Å². The topological polar surface area (TPSA) is 47.4 Å². The van der Waals surface area contributed by atoms with E-state index in [1.54, 1.807) is 0 Å². The Kier molecular flexibility index (Phi) is 7.64. The van der Waals surface area contributed by atoms with Crippen LogP contribution in [0, 0.1) is 0 Å². The first-order valence-electron chi connectivity index (χ1n) is 18.7. The van der Waals surface area contributed by atoms with Crippen molar-refractivity contribution in [2.45, 2.75) is 19.3 Å². The number of para-hydroxylation sites is 6. The summed E-state index contributed by atoms with van der Waals surface area (Å²) in [5.41, 5.74) is 6.10. The molecule has 0 amide bonds. The molecule has 0 N–H and O–H groups in total. The van der Waals surface area contributed by atoms with Crippen molar-refractivity contribution in [2.24, 2.45) is 0 Å². The van der Waals surface area contributed by atoms with E-state index in [2.05, 4.69) is 202 Å². The molecule has 0 atom stereocenters. The molecule has 4 aromatic heterocycles. The minimum atomic E-state index is -1.45. The van der Waals surface area contributed by atoms with Gasteiger partial charge in [-0.3, -0.25) is 17.4 Å². The second kappa shape index (κ2) is 12.9. The van der Waals surface area contributed by atoms with E-state index in [-0.39, 0.29) is 0 Å². The van der Waals surface area contributed by atoms with Crippen LogP contribution < -0.4 is 13.8 Å². The minimum Gasteiger partial charge on any atom is -0.449 e. The molecule has 10 aromatic rings. The number of nitrogens with zero attached hydrogens (tertiary/aromatic N) is 4. The Labute approximate surface area is 326 Å². The van der Waals surface area contributed by atoms with Crippen molar-refractivity contribution in [3.63, 3.8) is 0 Å². The predicted molar refractivity (Wildman–Crippen MR) is 230 cm³/mol. The molecule has 0 saturated carbocycles. The summed E-state index contributed by atoms with van der Waals surface area (Å²) in [5, 5.41) is 4.63. The lowest BCUT2D eigenvalue weighted by Gasteiger charge is -2.36. The second-order valence-electron chi connectivity index (χ2n) is 14.6. The molecular weight excluding hydrogens is 730 g/mol. The molecule has 1 aliphatic rings. The van der Waals surface area contributed by atoms with E-state index < -0.39 is 22.3 Å². The first-order valence-corrected chi connectivity index (χ1v) is 21.0. The predicted octanol–water partition coefficient (Wildman–Crippen LogP) is 13.3. The van der Waals surface area contributed by atoms with Gasteiger partial charge < -0.3 is 13.8 Å². The van der Waals surface area contributed by atoms with Crippen molar-refractivity contribution in [1.29, 1.82) is 0 Å². The fourth-order valence-electron chi connectivity index (χ4n) is 8.05. The fourth-order valence-corrected chi connectivity index (χ4v) is 11.6. The van der Waals surface area contributed by atoms with Crippen LogP contribution in [0.25, 0.3) is 43.6 Å². The number of fused-ring (bicyclic) bond motifs is 6. The third-order valence-corrected chi connectivity index (χ3v) is 14.5. The smallest absolute Gasteiger partial charge is 0.318 e. The first kappa shape index (κ1) is 33.1. The average Bonchev–Trinajstić information content (AvgIpc) is 4.05. The van der Waals surface area contributed by atoms with Crippen LogP contribution in [0.2, 0.25) is 0 Å². The summed E-state index contributed by atoms with van der Waals surface area (Å²) < 4.78 is 30.7.